The van der Waals surface area contributed by atoms with Crippen molar-refractivity contribution in [3.8, 4) is 0 Å². The molecule has 8 heteroatoms. The van der Waals surface area contributed by atoms with E-state index in [1.165, 1.54) is 0 Å². The first-order valence-electron chi connectivity index (χ1n) is 12.3. The van der Waals surface area contributed by atoms with Crippen LogP contribution in [0.15, 0.2) is 72.9 Å². The van der Waals surface area contributed by atoms with E-state index >= 15 is 0 Å². The standard InChI is InChI=1S/C28H34N6O2/c1-5-28(2,3)29-27(36)26(24-16-11-18-32(24)4)33(19-17-21-12-7-6-8-13-21)25(35)20-34-23-15-10-9-14-22(23)30-31-34/h6-16,18,26H,5,17,19-20H2,1-4H3,(H,29,36)/t26-/m1/s1. The monoisotopic (exact) mass is 486 g/mol. The number of carbonyl (C=O) groups excluding carboxylic acids is 2. The molecule has 0 aliphatic carbocycles. The number of nitrogens with zero attached hydrogens (tertiary/aromatic N) is 5. The number of amides is 2. The zero-order chi connectivity index (χ0) is 25.7. The number of hydrogen-bond donors (Lipinski definition) is 1. The van der Waals surface area contributed by atoms with Crippen LogP contribution in [-0.2, 0) is 29.6 Å². The fourth-order valence-corrected chi connectivity index (χ4v) is 4.23. The number of carbonyl (C=O) groups is 2. The Kier molecular flexibility index (Phi) is 7.52. The molecule has 0 spiro atoms. The Bertz CT molecular complexity index is 1320. The van der Waals surface area contributed by atoms with Gasteiger partial charge in [-0.1, -0.05) is 54.6 Å². The van der Waals surface area contributed by atoms with Gasteiger partial charge in [0.2, 0.25) is 11.8 Å². The second-order valence-electron chi connectivity index (χ2n) is 9.73. The van der Waals surface area contributed by atoms with E-state index in [0.717, 1.165) is 28.7 Å². The van der Waals surface area contributed by atoms with Crippen LogP contribution in [0.1, 0.15) is 44.5 Å². The number of nitrogens with one attached hydrogen (secondary N) is 1. The average Bonchev–Trinajstić information content (AvgIpc) is 3.48. The number of fused-ring (bicyclic) bond motifs is 1. The maximum atomic E-state index is 13.9. The van der Waals surface area contributed by atoms with E-state index in [0.29, 0.717) is 13.0 Å². The van der Waals surface area contributed by atoms with E-state index in [1.54, 1.807) is 9.58 Å². The van der Waals surface area contributed by atoms with Crippen LogP contribution < -0.4 is 5.32 Å². The Hall–Kier alpha value is -3.94. The predicted molar refractivity (Wildman–Crippen MR) is 140 cm³/mol. The molecular formula is C28H34N6O2. The van der Waals surface area contributed by atoms with E-state index in [-0.39, 0.29) is 18.4 Å². The number of benzene rings is 2. The molecule has 0 fully saturated rings. The topological polar surface area (TPSA) is 85.0 Å². The van der Waals surface area contributed by atoms with Crippen molar-refractivity contribution in [2.75, 3.05) is 6.54 Å². The Morgan fingerprint density at radius 1 is 1.03 bits per heavy atom. The molecule has 0 aliphatic rings. The van der Waals surface area contributed by atoms with Gasteiger partial charge in [-0.2, -0.15) is 0 Å². The SMILES string of the molecule is CCC(C)(C)NC(=O)[C@@H](c1cccn1C)N(CCc1ccccc1)C(=O)Cn1nnc2ccccc21. The lowest BCUT2D eigenvalue weighted by molar-refractivity contribution is -0.142. The van der Waals surface area contributed by atoms with Gasteiger partial charge in [0, 0.05) is 31.0 Å². The van der Waals surface area contributed by atoms with Crippen molar-refractivity contribution in [1.82, 2.24) is 29.8 Å². The maximum Gasteiger partial charge on any atom is 0.249 e. The van der Waals surface area contributed by atoms with Gasteiger partial charge in [-0.05, 0) is 56.5 Å². The van der Waals surface area contributed by atoms with Crippen LogP contribution in [0.2, 0.25) is 0 Å². The van der Waals surface area contributed by atoms with Gasteiger partial charge >= 0.3 is 0 Å². The largest absolute Gasteiger partial charge is 0.352 e. The molecule has 0 bridgehead atoms. The van der Waals surface area contributed by atoms with Crippen molar-refractivity contribution >= 4 is 22.8 Å². The summed E-state index contributed by atoms with van der Waals surface area (Å²) in [7, 11) is 1.89. The highest BCUT2D eigenvalue weighted by Crippen LogP contribution is 2.25. The fourth-order valence-electron chi connectivity index (χ4n) is 4.23. The molecule has 0 unspecified atom stereocenters. The molecule has 4 aromatic rings. The van der Waals surface area contributed by atoms with Gasteiger partial charge in [-0.15, -0.1) is 5.10 Å². The molecule has 2 amide bonds. The highest BCUT2D eigenvalue weighted by atomic mass is 16.2. The summed E-state index contributed by atoms with van der Waals surface area (Å²) >= 11 is 0. The summed E-state index contributed by atoms with van der Waals surface area (Å²) in [5.41, 5.74) is 2.95. The Morgan fingerprint density at radius 3 is 2.44 bits per heavy atom. The van der Waals surface area contributed by atoms with E-state index in [4.69, 9.17) is 0 Å². The van der Waals surface area contributed by atoms with Gasteiger partial charge in [-0.3, -0.25) is 9.59 Å². The van der Waals surface area contributed by atoms with Crippen LogP contribution in [0.25, 0.3) is 11.0 Å². The molecule has 0 radical (unpaired) electrons. The summed E-state index contributed by atoms with van der Waals surface area (Å²) < 4.78 is 3.50. The Balaban J connectivity index is 1.70. The van der Waals surface area contributed by atoms with Crippen molar-refractivity contribution in [2.24, 2.45) is 7.05 Å². The summed E-state index contributed by atoms with van der Waals surface area (Å²) in [5, 5.41) is 11.6. The molecule has 2 aromatic carbocycles. The van der Waals surface area contributed by atoms with Gasteiger partial charge in [-0.25, -0.2) is 4.68 Å². The lowest BCUT2D eigenvalue weighted by atomic mass is 10.00. The molecular weight excluding hydrogens is 452 g/mol. The van der Waals surface area contributed by atoms with Gasteiger partial charge < -0.3 is 14.8 Å². The first-order chi connectivity index (χ1) is 17.3. The first kappa shape index (κ1) is 25.2. The second kappa shape index (κ2) is 10.8. The molecule has 36 heavy (non-hydrogen) atoms. The lowest BCUT2D eigenvalue weighted by Crippen LogP contribution is -2.51. The molecule has 0 aliphatic heterocycles. The van der Waals surface area contributed by atoms with Gasteiger partial charge in [0.25, 0.3) is 0 Å². The number of aryl methyl sites for hydroxylation is 1. The third-order valence-corrected chi connectivity index (χ3v) is 6.68. The smallest absolute Gasteiger partial charge is 0.249 e. The van der Waals surface area contributed by atoms with Crippen LogP contribution in [-0.4, -0.2) is 48.4 Å². The van der Waals surface area contributed by atoms with Crippen molar-refractivity contribution in [2.45, 2.75) is 51.7 Å². The quantitative estimate of drug-likeness (QED) is 0.369. The van der Waals surface area contributed by atoms with E-state index in [1.807, 2.05) is 105 Å². The molecule has 4 rings (SSSR count). The van der Waals surface area contributed by atoms with Crippen LogP contribution in [0.4, 0.5) is 0 Å². The molecule has 1 atom stereocenters. The van der Waals surface area contributed by atoms with Gasteiger partial charge in [0.15, 0.2) is 6.04 Å². The summed E-state index contributed by atoms with van der Waals surface area (Å²) in [6.07, 6.45) is 3.28. The third-order valence-electron chi connectivity index (χ3n) is 6.68. The van der Waals surface area contributed by atoms with Crippen molar-refractivity contribution in [1.29, 1.82) is 0 Å². The van der Waals surface area contributed by atoms with Crippen LogP contribution in [0.3, 0.4) is 0 Å². The second-order valence-corrected chi connectivity index (χ2v) is 9.73. The number of aromatic nitrogens is 4. The normalized spacial score (nSPS) is 12.4. The van der Waals surface area contributed by atoms with E-state index in [9.17, 15) is 9.59 Å². The predicted octanol–water partition coefficient (Wildman–Crippen LogP) is 3.89. The molecule has 1 N–H and O–H groups in total. The van der Waals surface area contributed by atoms with Gasteiger partial charge in [0.05, 0.1) is 5.52 Å². The number of hydrogen-bond acceptors (Lipinski definition) is 4. The minimum Gasteiger partial charge on any atom is -0.352 e. The van der Waals surface area contributed by atoms with E-state index in [2.05, 4.69) is 15.6 Å². The Labute approximate surface area is 211 Å². The summed E-state index contributed by atoms with van der Waals surface area (Å²) in [6.45, 7) is 6.38. The molecule has 8 nitrogen and oxygen atoms in total. The maximum absolute atomic E-state index is 13.9. The summed E-state index contributed by atoms with van der Waals surface area (Å²) in [5.74, 6) is -0.397. The molecule has 0 saturated heterocycles. The van der Waals surface area contributed by atoms with Crippen LogP contribution in [0, 0.1) is 0 Å². The van der Waals surface area contributed by atoms with E-state index < -0.39 is 11.6 Å². The Morgan fingerprint density at radius 2 is 1.75 bits per heavy atom. The molecule has 2 heterocycles. The molecule has 188 valence electrons. The molecule has 2 aromatic heterocycles. The van der Waals surface area contributed by atoms with Crippen LogP contribution >= 0.6 is 0 Å². The molecule has 0 saturated carbocycles. The van der Waals surface area contributed by atoms with Gasteiger partial charge in [0.1, 0.15) is 12.1 Å². The number of para-hydroxylation sites is 1. The lowest BCUT2D eigenvalue weighted by Gasteiger charge is -2.34. The highest BCUT2D eigenvalue weighted by molar-refractivity contribution is 5.89. The highest BCUT2D eigenvalue weighted by Gasteiger charge is 2.35. The first-order valence-corrected chi connectivity index (χ1v) is 12.3. The zero-order valence-electron chi connectivity index (χ0n) is 21.4. The number of rotatable bonds is 10. The average molecular weight is 487 g/mol. The fraction of sp³-hybridized carbons (Fsp3) is 0.357. The third kappa shape index (κ3) is 5.64. The minimum atomic E-state index is -0.790. The van der Waals surface area contributed by atoms with Crippen molar-refractivity contribution in [3.05, 3.63) is 84.2 Å². The van der Waals surface area contributed by atoms with Crippen molar-refractivity contribution in [3.63, 3.8) is 0 Å². The van der Waals surface area contributed by atoms with Crippen molar-refractivity contribution < 1.29 is 9.59 Å². The zero-order valence-corrected chi connectivity index (χ0v) is 21.4. The summed E-state index contributed by atoms with van der Waals surface area (Å²) in [6, 6.07) is 20.5. The summed E-state index contributed by atoms with van der Waals surface area (Å²) in [4.78, 5) is 29.4. The van der Waals surface area contributed by atoms with Crippen LogP contribution in [0.5, 0.6) is 0 Å². The minimum absolute atomic E-state index is 0.0132.